The lowest BCUT2D eigenvalue weighted by Gasteiger charge is -2.07. The van der Waals surface area contributed by atoms with Crippen molar-refractivity contribution < 1.29 is 4.39 Å². The molecule has 0 radical (unpaired) electrons. The van der Waals surface area contributed by atoms with Crippen molar-refractivity contribution in [1.82, 2.24) is 15.0 Å². The largest absolute Gasteiger partial charge is 0.220 e. The number of aromatic nitrogens is 3. The summed E-state index contributed by atoms with van der Waals surface area (Å²) in [5.41, 5.74) is 2.82. The number of halogens is 1. The minimum absolute atomic E-state index is 0.244. The Hall–Kier alpha value is -1.97. The molecule has 18 heavy (non-hydrogen) atoms. The molecule has 1 heterocycles. The first-order valence-corrected chi connectivity index (χ1v) is 6.05. The molecule has 1 aromatic heterocycles. The maximum Gasteiger partial charge on any atom is 0.135 e. The van der Waals surface area contributed by atoms with Crippen molar-refractivity contribution in [2.45, 2.75) is 25.7 Å². The van der Waals surface area contributed by atoms with Gasteiger partial charge in [-0.3, -0.25) is 0 Å². The van der Waals surface area contributed by atoms with E-state index in [9.17, 15) is 4.39 Å². The van der Waals surface area contributed by atoms with Crippen molar-refractivity contribution in [3.63, 3.8) is 0 Å². The van der Waals surface area contributed by atoms with E-state index in [0.717, 1.165) is 11.4 Å². The van der Waals surface area contributed by atoms with Crippen molar-refractivity contribution in [2.75, 3.05) is 0 Å². The summed E-state index contributed by atoms with van der Waals surface area (Å²) in [6.07, 6.45) is 5.78. The monoisotopic (exact) mass is 243 g/mol. The maximum absolute atomic E-state index is 14.0. The summed E-state index contributed by atoms with van der Waals surface area (Å²) in [5, 5.41) is 8.22. The third-order valence-corrected chi connectivity index (χ3v) is 3.36. The van der Waals surface area contributed by atoms with Gasteiger partial charge in [0, 0.05) is 17.0 Å². The Morgan fingerprint density at radius 3 is 2.89 bits per heavy atom. The Morgan fingerprint density at radius 1 is 1.44 bits per heavy atom. The maximum atomic E-state index is 14.0. The van der Waals surface area contributed by atoms with Gasteiger partial charge in [-0.15, -0.1) is 5.10 Å². The first-order chi connectivity index (χ1) is 8.70. The highest BCUT2D eigenvalue weighted by Gasteiger charge is 2.26. The second-order valence-electron chi connectivity index (χ2n) is 4.68. The molecule has 1 aliphatic rings. The van der Waals surface area contributed by atoms with Crippen LogP contribution in [0.1, 0.15) is 35.6 Å². The molecule has 0 unspecified atom stereocenters. The molecule has 0 saturated heterocycles. The Balaban J connectivity index is 2.04. The molecule has 2 aromatic rings. The Labute approximate surface area is 105 Å². The third kappa shape index (κ3) is 1.74. The van der Waals surface area contributed by atoms with Crippen LogP contribution in [0.3, 0.4) is 0 Å². The molecule has 1 saturated carbocycles. The molecule has 0 atom stereocenters. The Bertz CT molecular complexity index is 611. The van der Waals surface area contributed by atoms with E-state index >= 15 is 0 Å². The van der Waals surface area contributed by atoms with Gasteiger partial charge in [-0.1, -0.05) is 17.9 Å². The zero-order valence-electron chi connectivity index (χ0n) is 10.2. The van der Waals surface area contributed by atoms with Gasteiger partial charge in [-0.2, -0.15) is 0 Å². The SMILES string of the molecule is C=Cc1ccc(-n2cc(C3CC3)nn2)c(C)c1F. The Kier molecular flexibility index (Phi) is 2.51. The van der Waals surface area contributed by atoms with Crippen LogP contribution in [0.5, 0.6) is 0 Å². The molecule has 1 aliphatic carbocycles. The molecule has 0 spiro atoms. The first-order valence-electron chi connectivity index (χ1n) is 6.05. The fraction of sp³-hybridized carbons (Fsp3) is 0.286. The number of hydrogen-bond acceptors (Lipinski definition) is 2. The molecule has 0 aliphatic heterocycles. The molecule has 0 N–H and O–H groups in total. The van der Waals surface area contributed by atoms with Gasteiger partial charge < -0.3 is 0 Å². The van der Waals surface area contributed by atoms with Crippen LogP contribution in [-0.4, -0.2) is 15.0 Å². The molecule has 4 heteroatoms. The van der Waals surface area contributed by atoms with Crippen LogP contribution >= 0.6 is 0 Å². The van der Waals surface area contributed by atoms with E-state index in [1.807, 2.05) is 12.3 Å². The fourth-order valence-corrected chi connectivity index (χ4v) is 2.06. The summed E-state index contributed by atoms with van der Waals surface area (Å²) in [6, 6.07) is 3.56. The van der Waals surface area contributed by atoms with Crippen LogP contribution in [0.2, 0.25) is 0 Å². The lowest BCUT2D eigenvalue weighted by Crippen LogP contribution is -2.01. The van der Waals surface area contributed by atoms with Crippen LogP contribution in [0.15, 0.2) is 24.9 Å². The van der Waals surface area contributed by atoms with E-state index in [-0.39, 0.29) is 5.82 Å². The summed E-state index contributed by atoms with van der Waals surface area (Å²) in [7, 11) is 0. The van der Waals surface area contributed by atoms with Crippen molar-refractivity contribution in [3.05, 3.63) is 47.5 Å². The second-order valence-corrected chi connectivity index (χ2v) is 4.68. The molecule has 0 amide bonds. The summed E-state index contributed by atoms with van der Waals surface area (Å²) in [6.45, 7) is 5.34. The minimum atomic E-state index is -0.244. The number of rotatable bonds is 3. The number of benzene rings is 1. The Morgan fingerprint density at radius 2 is 2.22 bits per heavy atom. The van der Waals surface area contributed by atoms with E-state index in [0.29, 0.717) is 17.0 Å². The van der Waals surface area contributed by atoms with E-state index in [2.05, 4.69) is 16.9 Å². The van der Waals surface area contributed by atoms with Crippen LogP contribution in [0, 0.1) is 12.7 Å². The van der Waals surface area contributed by atoms with Crippen LogP contribution < -0.4 is 0 Å². The third-order valence-electron chi connectivity index (χ3n) is 3.36. The number of hydrogen-bond donors (Lipinski definition) is 0. The first kappa shape index (κ1) is 11.1. The van der Waals surface area contributed by atoms with Gasteiger partial charge in [-0.25, -0.2) is 9.07 Å². The van der Waals surface area contributed by atoms with Crippen molar-refractivity contribution in [3.8, 4) is 5.69 Å². The van der Waals surface area contributed by atoms with Gasteiger partial charge in [0.25, 0.3) is 0 Å². The predicted octanol–water partition coefficient (Wildman–Crippen LogP) is 3.24. The fourth-order valence-electron chi connectivity index (χ4n) is 2.06. The highest BCUT2D eigenvalue weighted by Crippen LogP contribution is 2.38. The molecule has 3 nitrogen and oxygen atoms in total. The van der Waals surface area contributed by atoms with Crippen molar-refractivity contribution in [1.29, 1.82) is 0 Å². The highest BCUT2D eigenvalue weighted by atomic mass is 19.1. The summed E-state index contributed by atoms with van der Waals surface area (Å²) >= 11 is 0. The lowest BCUT2D eigenvalue weighted by atomic mass is 10.1. The molecule has 1 aromatic carbocycles. The molecular weight excluding hydrogens is 229 g/mol. The molecule has 1 fully saturated rings. The van der Waals surface area contributed by atoms with Gasteiger partial charge >= 0.3 is 0 Å². The predicted molar refractivity (Wildman–Crippen MR) is 68.1 cm³/mol. The van der Waals surface area contributed by atoms with Crippen LogP contribution in [0.25, 0.3) is 11.8 Å². The van der Waals surface area contributed by atoms with E-state index in [1.165, 1.54) is 18.9 Å². The average molecular weight is 243 g/mol. The zero-order chi connectivity index (χ0) is 12.7. The smallest absolute Gasteiger partial charge is 0.135 e. The number of nitrogens with zero attached hydrogens (tertiary/aromatic N) is 3. The van der Waals surface area contributed by atoms with Crippen LogP contribution in [-0.2, 0) is 0 Å². The van der Waals surface area contributed by atoms with Crippen LogP contribution in [0.4, 0.5) is 4.39 Å². The molecular formula is C14H14FN3. The van der Waals surface area contributed by atoms with Gasteiger partial charge in [0.15, 0.2) is 0 Å². The lowest BCUT2D eigenvalue weighted by molar-refractivity contribution is 0.612. The average Bonchev–Trinajstić information content (AvgIpc) is 3.12. The summed E-state index contributed by atoms with van der Waals surface area (Å²) in [4.78, 5) is 0. The van der Waals surface area contributed by atoms with Gasteiger partial charge in [-0.05, 0) is 31.9 Å². The molecule has 3 rings (SSSR count). The summed E-state index contributed by atoms with van der Waals surface area (Å²) in [5.74, 6) is 0.308. The van der Waals surface area contributed by atoms with Gasteiger partial charge in [0.05, 0.1) is 17.6 Å². The van der Waals surface area contributed by atoms with Gasteiger partial charge in [0.1, 0.15) is 5.82 Å². The van der Waals surface area contributed by atoms with Gasteiger partial charge in [0.2, 0.25) is 0 Å². The van der Waals surface area contributed by atoms with E-state index < -0.39 is 0 Å². The van der Waals surface area contributed by atoms with E-state index in [4.69, 9.17) is 0 Å². The summed E-state index contributed by atoms with van der Waals surface area (Å²) < 4.78 is 15.6. The van der Waals surface area contributed by atoms with Crippen molar-refractivity contribution >= 4 is 6.08 Å². The standard InChI is InChI=1S/C14H14FN3/c1-3-10-6-7-13(9(2)14(10)15)18-8-12(16-17-18)11-4-5-11/h3,6-8,11H,1,4-5H2,2H3. The molecule has 92 valence electrons. The molecule has 0 bridgehead atoms. The normalized spacial score (nSPS) is 14.8. The van der Waals surface area contributed by atoms with E-state index in [1.54, 1.807) is 17.7 Å². The zero-order valence-corrected chi connectivity index (χ0v) is 10.2. The highest BCUT2D eigenvalue weighted by molar-refractivity contribution is 5.54. The van der Waals surface area contributed by atoms with Crippen molar-refractivity contribution in [2.24, 2.45) is 0 Å². The topological polar surface area (TPSA) is 30.7 Å². The minimum Gasteiger partial charge on any atom is -0.220 e. The second kappa shape index (κ2) is 4.05. The quantitative estimate of drug-likeness (QED) is 0.828.